The van der Waals surface area contributed by atoms with E-state index >= 15 is 0 Å². The van der Waals surface area contributed by atoms with Gasteiger partial charge in [0.1, 0.15) is 6.04 Å². The Labute approximate surface area is 167 Å². The quantitative estimate of drug-likeness (QED) is 0.765. The van der Waals surface area contributed by atoms with E-state index in [9.17, 15) is 14.4 Å². The van der Waals surface area contributed by atoms with Crippen LogP contribution in [0.25, 0.3) is 0 Å². The van der Waals surface area contributed by atoms with Crippen LogP contribution in [0.2, 0.25) is 10.0 Å². The molecule has 0 saturated carbocycles. The first-order chi connectivity index (χ1) is 12.9. The topological polar surface area (TPSA) is 66.5 Å². The van der Waals surface area contributed by atoms with E-state index in [-0.39, 0.29) is 22.6 Å². The molecular weight excluding hydrogens is 387 g/mol. The Morgan fingerprint density at radius 3 is 2.52 bits per heavy atom. The van der Waals surface area contributed by atoms with E-state index in [1.54, 1.807) is 36.4 Å². The number of halogens is 2. The summed E-state index contributed by atoms with van der Waals surface area (Å²) in [6, 6.07) is 10.9. The molecule has 140 valence electrons. The molecule has 2 amide bonds. The van der Waals surface area contributed by atoms with Crippen LogP contribution in [0, 0.1) is 0 Å². The molecule has 2 aromatic carbocycles. The fourth-order valence-electron chi connectivity index (χ4n) is 3.19. The molecule has 1 fully saturated rings. The molecule has 3 rings (SSSR count). The van der Waals surface area contributed by atoms with Gasteiger partial charge in [-0.25, -0.2) is 0 Å². The number of carbonyl (C=O) groups excluding carboxylic acids is 3. The van der Waals surface area contributed by atoms with Gasteiger partial charge in [0.2, 0.25) is 5.91 Å². The van der Waals surface area contributed by atoms with Crippen LogP contribution in [0.15, 0.2) is 42.5 Å². The van der Waals surface area contributed by atoms with Gasteiger partial charge in [0, 0.05) is 17.7 Å². The van der Waals surface area contributed by atoms with Crippen LogP contribution in [0.1, 0.15) is 40.5 Å². The van der Waals surface area contributed by atoms with Gasteiger partial charge in [-0.2, -0.15) is 0 Å². The zero-order valence-corrected chi connectivity index (χ0v) is 16.2. The Balaban J connectivity index is 1.79. The van der Waals surface area contributed by atoms with Crippen LogP contribution in [0.3, 0.4) is 0 Å². The summed E-state index contributed by atoms with van der Waals surface area (Å²) >= 11 is 11.9. The van der Waals surface area contributed by atoms with Gasteiger partial charge in [-0.05, 0) is 50.1 Å². The highest BCUT2D eigenvalue weighted by molar-refractivity contribution is 6.42. The van der Waals surface area contributed by atoms with Gasteiger partial charge in [-0.15, -0.1) is 0 Å². The van der Waals surface area contributed by atoms with Crippen LogP contribution in [-0.2, 0) is 4.79 Å². The van der Waals surface area contributed by atoms with Crippen molar-refractivity contribution < 1.29 is 14.4 Å². The van der Waals surface area contributed by atoms with Crippen LogP contribution < -0.4 is 5.32 Å². The van der Waals surface area contributed by atoms with E-state index < -0.39 is 6.04 Å². The lowest BCUT2D eigenvalue weighted by atomic mass is 10.1. The Kier molecular flexibility index (Phi) is 5.82. The molecular formula is C20H18Cl2N2O3. The number of benzene rings is 2. The number of Topliss-reactive ketones (excluding diaryl/α,β-unsaturated/α-hetero) is 1. The predicted octanol–water partition coefficient (Wildman–Crippen LogP) is 4.44. The molecule has 0 radical (unpaired) electrons. The highest BCUT2D eigenvalue weighted by Gasteiger charge is 2.35. The molecule has 1 heterocycles. The average Bonchev–Trinajstić information content (AvgIpc) is 3.13. The van der Waals surface area contributed by atoms with Crippen molar-refractivity contribution in [1.82, 2.24) is 4.90 Å². The van der Waals surface area contributed by atoms with Crippen molar-refractivity contribution in [3.8, 4) is 0 Å². The maximum absolute atomic E-state index is 12.8. The van der Waals surface area contributed by atoms with Crippen molar-refractivity contribution in [2.45, 2.75) is 25.8 Å². The molecule has 7 heteroatoms. The van der Waals surface area contributed by atoms with E-state index in [1.807, 2.05) is 0 Å². The third-order valence-corrected chi connectivity index (χ3v) is 5.29. The molecule has 1 unspecified atom stereocenters. The van der Waals surface area contributed by atoms with Crippen LogP contribution in [-0.4, -0.2) is 35.1 Å². The molecule has 5 nitrogen and oxygen atoms in total. The first-order valence-corrected chi connectivity index (χ1v) is 9.31. The first kappa shape index (κ1) is 19.4. The van der Waals surface area contributed by atoms with Gasteiger partial charge in [0.25, 0.3) is 5.91 Å². The number of anilines is 1. The summed E-state index contributed by atoms with van der Waals surface area (Å²) in [6.45, 7) is 1.92. The van der Waals surface area contributed by atoms with E-state index in [4.69, 9.17) is 23.2 Å². The van der Waals surface area contributed by atoms with Crippen molar-refractivity contribution in [3.05, 3.63) is 63.6 Å². The number of rotatable bonds is 4. The van der Waals surface area contributed by atoms with Crippen LogP contribution >= 0.6 is 23.2 Å². The normalized spacial score (nSPS) is 16.3. The third kappa shape index (κ3) is 4.15. The maximum atomic E-state index is 12.8. The highest BCUT2D eigenvalue weighted by atomic mass is 35.5. The fourth-order valence-corrected chi connectivity index (χ4v) is 3.49. The van der Waals surface area contributed by atoms with E-state index in [0.29, 0.717) is 34.8 Å². The van der Waals surface area contributed by atoms with Gasteiger partial charge in [-0.1, -0.05) is 35.3 Å². The Morgan fingerprint density at radius 1 is 1.07 bits per heavy atom. The molecule has 1 atom stereocenters. The predicted molar refractivity (Wildman–Crippen MR) is 106 cm³/mol. The number of para-hydroxylation sites is 1. The van der Waals surface area contributed by atoms with Crippen molar-refractivity contribution in [2.24, 2.45) is 0 Å². The second-order valence-electron chi connectivity index (χ2n) is 6.38. The number of carbonyl (C=O) groups is 3. The average molecular weight is 405 g/mol. The van der Waals surface area contributed by atoms with Gasteiger partial charge in [0.05, 0.1) is 15.7 Å². The Bertz CT molecular complexity index is 914. The second kappa shape index (κ2) is 8.11. The molecule has 1 saturated heterocycles. The minimum atomic E-state index is -0.605. The lowest BCUT2D eigenvalue weighted by molar-refractivity contribution is -0.119. The first-order valence-electron chi connectivity index (χ1n) is 8.55. The SMILES string of the molecule is CC(=O)c1ccccc1NC(=O)C1CCCN1C(=O)c1ccc(Cl)c(Cl)c1. The van der Waals surface area contributed by atoms with Crippen molar-refractivity contribution in [1.29, 1.82) is 0 Å². The number of hydrogen-bond donors (Lipinski definition) is 1. The zero-order chi connectivity index (χ0) is 19.6. The number of nitrogens with one attached hydrogen (secondary N) is 1. The third-order valence-electron chi connectivity index (χ3n) is 4.55. The summed E-state index contributed by atoms with van der Waals surface area (Å²) in [5, 5.41) is 3.45. The monoisotopic (exact) mass is 404 g/mol. The summed E-state index contributed by atoms with van der Waals surface area (Å²) in [4.78, 5) is 38.9. The molecule has 2 aromatic rings. The summed E-state index contributed by atoms with van der Waals surface area (Å²) in [5.74, 6) is -0.721. The molecule has 0 aromatic heterocycles. The number of nitrogens with zero attached hydrogens (tertiary/aromatic N) is 1. The van der Waals surface area contributed by atoms with E-state index in [2.05, 4.69) is 5.32 Å². The Morgan fingerprint density at radius 2 is 1.81 bits per heavy atom. The molecule has 0 spiro atoms. The highest BCUT2D eigenvalue weighted by Crippen LogP contribution is 2.26. The molecule has 1 aliphatic rings. The van der Waals surface area contributed by atoms with Crippen molar-refractivity contribution >= 4 is 46.5 Å². The summed E-state index contributed by atoms with van der Waals surface area (Å²) in [7, 11) is 0. The smallest absolute Gasteiger partial charge is 0.254 e. The largest absolute Gasteiger partial charge is 0.327 e. The summed E-state index contributed by atoms with van der Waals surface area (Å²) in [6.07, 6.45) is 1.28. The fraction of sp³-hybridized carbons (Fsp3) is 0.250. The molecule has 27 heavy (non-hydrogen) atoms. The van der Waals surface area contributed by atoms with Gasteiger partial charge in [-0.3, -0.25) is 14.4 Å². The second-order valence-corrected chi connectivity index (χ2v) is 7.19. The van der Waals surface area contributed by atoms with Crippen molar-refractivity contribution in [2.75, 3.05) is 11.9 Å². The Hall–Kier alpha value is -2.37. The number of ketones is 1. The minimum Gasteiger partial charge on any atom is -0.327 e. The van der Waals surface area contributed by atoms with E-state index in [1.165, 1.54) is 17.9 Å². The van der Waals surface area contributed by atoms with Crippen LogP contribution in [0.4, 0.5) is 5.69 Å². The van der Waals surface area contributed by atoms with Crippen molar-refractivity contribution in [3.63, 3.8) is 0 Å². The standard InChI is InChI=1S/C20H18Cl2N2O3/c1-12(25)14-5-2-3-6-17(14)23-19(26)18-7-4-10-24(18)20(27)13-8-9-15(21)16(22)11-13/h2-3,5-6,8-9,11,18H,4,7,10H2,1H3,(H,23,26). The number of amides is 2. The maximum Gasteiger partial charge on any atom is 0.254 e. The minimum absolute atomic E-state index is 0.138. The lowest BCUT2D eigenvalue weighted by Crippen LogP contribution is -2.43. The van der Waals surface area contributed by atoms with E-state index in [0.717, 1.165) is 6.42 Å². The van der Waals surface area contributed by atoms with Crippen LogP contribution in [0.5, 0.6) is 0 Å². The number of hydrogen-bond acceptors (Lipinski definition) is 3. The molecule has 0 bridgehead atoms. The molecule has 0 aliphatic carbocycles. The summed E-state index contributed by atoms with van der Waals surface area (Å²) < 4.78 is 0. The lowest BCUT2D eigenvalue weighted by Gasteiger charge is -2.24. The van der Waals surface area contributed by atoms with Gasteiger partial charge >= 0.3 is 0 Å². The number of likely N-dealkylation sites (tertiary alicyclic amines) is 1. The van der Waals surface area contributed by atoms with Gasteiger partial charge in [0.15, 0.2) is 5.78 Å². The zero-order valence-electron chi connectivity index (χ0n) is 14.7. The van der Waals surface area contributed by atoms with Gasteiger partial charge < -0.3 is 10.2 Å². The molecule has 1 N–H and O–H groups in total. The summed E-state index contributed by atoms with van der Waals surface area (Å²) in [5.41, 5.74) is 1.27. The molecule has 1 aliphatic heterocycles.